The maximum atomic E-state index is 14.3. The van der Waals surface area contributed by atoms with Gasteiger partial charge in [-0.05, 0) is 43.9 Å². The fourth-order valence-electron chi connectivity index (χ4n) is 6.56. The van der Waals surface area contributed by atoms with Crippen molar-refractivity contribution >= 4 is 39.3 Å². The second-order valence-corrected chi connectivity index (χ2v) is 13.2. The minimum atomic E-state index is -4.24. The highest BCUT2D eigenvalue weighted by molar-refractivity contribution is 7.89. The van der Waals surface area contributed by atoms with Crippen molar-refractivity contribution in [3.8, 4) is 11.3 Å². The van der Waals surface area contributed by atoms with Crippen LogP contribution in [0.25, 0.3) is 17.4 Å². The topological polar surface area (TPSA) is 118 Å². The first-order valence-electron chi connectivity index (χ1n) is 13.7. The number of fused-ring (bicyclic) bond motifs is 3. The molecule has 3 aliphatic heterocycles. The normalized spacial score (nSPS) is 23.1. The van der Waals surface area contributed by atoms with E-state index in [1.807, 2.05) is 30.3 Å². The smallest absolute Gasteiger partial charge is 0.273 e. The summed E-state index contributed by atoms with van der Waals surface area (Å²) in [6.45, 7) is 0.202. The number of rotatable bonds is 6. The fraction of sp³-hybridized carbons (Fsp3) is 0.267. The fourth-order valence-corrected chi connectivity index (χ4v) is 9.26. The molecule has 43 heavy (non-hydrogen) atoms. The number of allylic oxidation sites excluding steroid dienone is 1. The zero-order valence-corrected chi connectivity index (χ0v) is 24.1. The summed E-state index contributed by atoms with van der Waals surface area (Å²) in [6.07, 6.45) is 4.57. The number of amides is 1. The van der Waals surface area contributed by atoms with Crippen LogP contribution in [0.4, 0.5) is 14.5 Å². The van der Waals surface area contributed by atoms with Crippen LogP contribution in [0, 0.1) is 11.6 Å². The van der Waals surface area contributed by atoms with E-state index in [1.165, 1.54) is 14.9 Å². The molecule has 13 heteroatoms. The number of carbonyl (C=O) groups is 1. The lowest BCUT2D eigenvalue weighted by Crippen LogP contribution is -2.52. The van der Waals surface area contributed by atoms with Crippen LogP contribution < -0.4 is 5.32 Å². The van der Waals surface area contributed by atoms with Gasteiger partial charge in [-0.2, -0.15) is 4.31 Å². The largest absolute Gasteiger partial charge is 0.383 e. The third kappa shape index (κ3) is 4.51. The average molecular weight is 627 g/mol. The number of anilines is 1. The van der Waals surface area contributed by atoms with E-state index in [2.05, 4.69) is 10.5 Å². The second-order valence-electron chi connectivity index (χ2n) is 11.1. The Morgan fingerprint density at radius 2 is 1.79 bits per heavy atom. The number of aliphatic hydroxyl groups is 1. The van der Waals surface area contributed by atoms with Crippen molar-refractivity contribution < 1.29 is 31.6 Å². The number of carbonyl (C=O) groups excluding carboxylic acids is 1. The number of halogens is 3. The first kappa shape index (κ1) is 28.0. The highest BCUT2D eigenvalue weighted by Gasteiger charge is 2.55. The molecule has 2 atom stereocenters. The first-order valence-corrected chi connectivity index (χ1v) is 15.5. The van der Waals surface area contributed by atoms with Crippen molar-refractivity contribution in [3.05, 3.63) is 94.4 Å². The van der Waals surface area contributed by atoms with Gasteiger partial charge >= 0.3 is 0 Å². The minimum Gasteiger partial charge on any atom is -0.383 e. The Hall–Kier alpha value is -3.84. The Bertz CT molecular complexity index is 1890. The Morgan fingerprint density at radius 3 is 2.49 bits per heavy atom. The van der Waals surface area contributed by atoms with Gasteiger partial charge in [0.25, 0.3) is 5.91 Å². The predicted molar refractivity (Wildman–Crippen MR) is 154 cm³/mol. The summed E-state index contributed by atoms with van der Waals surface area (Å²) in [6, 6.07) is 12.9. The van der Waals surface area contributed by atoms with Crippen molar-refractivity contribution in [3.63, 3.8) is 0 Å². The van der Waals surface area contributed by atoms with Crippen LogP contribution in [0.2, 0.25) is 5.02 Å². The monoisotopic (exact) mass is 626 g/mol. The maximum Gasteiger partial charge on any atom is 0.273 e. The van der Waals surface area contributed by atoms with Gasteiger partial charge in [-0.15, -0.1) is 0 Å². The molecule has 3 aliphatic rings. The summed E-state index contributed by atoms with van der Waals surface area (Å²) in [7, 11) is -4.24. The van der Waals surface area contributed by atoms with E-state index in [-0.39, 0.29) is 46.4 Å². The van der Waals surface area contributed by atoms with Gasteiger partial charge in [0, 0.05) is 42.0 Å². The number of benzene rings is 2. The SMILES string of the molecule is O=C(Nc1ccc(F)c(F)c1)c1c(Cl)c(S(=O)(=O)N2C3CCC2CC(O)(c2cc(-c4ccccc4)on2)C3)c2n1CC=C2. The van der Waals surface area contributed by atoms with E-state index in [0.29, 0.717) is 24.3 Å². The molecular formula is C30H25ClF2N4O5S. The zero-order chi connectivity index (χ0) is 30.1. The summed E-state index contributed by atoms with van der Waals surface area (Å²) >= 11 is 6.67. The van der Waals surface area contributed by atoms with E-state index in [0.717, 1.165) is 17.7 Å². The molecule has 2 unspecified atom stereocenters. The number of nitrogens with zero attached hydrogens (tertiary/aromatic N) is 3. The second kappa shape index (κ2) is 10.1. The summed E-state index contributed by atoms with van der Waals surface area (Å²) in [4.78, 5) is 13.1. The van der Waals surface area contributed by atoms with Gasteiger partial charge in [0.2, 0.25) is 10.0 Å². The lowest BCUT2D eigenvalue weighted by Gasteiger charge is -2.41. The Balaban J connectivity index is 1.19. The molecule has 5 heterocycles. The van der Waals surface area contributed by atoms with Gasteiger partial charge in [0.05, 0.1) is 10.7 Å². The third-order valence-electron chi connectivity index (χ3n) is 8.44. The maximum absolute atomic E-state index is 14.3. The molecule has 222 valence electrons. The van der Waals surface area contributed by atoms with Crippen LogP contribution in [-0.4, -0.2) is 45.5 Å². The van der Waals surface area contributed by atoms with E-state index in [4.69, 9.17) is 16.1 Å². The van der Waals surface area contributed by atoms with Crippen LogP contribution in [0.5, 0.6) is 0 Å². The summed E-state index contributed by atoms with van der Waals surface area (Å²) in [5.41, 5.74) is -0.102. The molecule has 2 aromatic heterocycles. The molecule has 0 spiro atoms. The van der Waals surface area contributed by atoms with Crippen LogP contribution in [-0.2, 0) is 22.2 Å². The molecule has 2 bridgehead atoms. The predicted octanol–water partition coefficient (Wildman–Crippen LogP) is 5.56. The van der Waals surface area contributed by atoms with Crippen molar-refractivity contribution in [1.82, 2.24) is 14.0 Å². The molecule has 9 nitrogen and oxygen atoms in total. The van der Waals surface area contributed by atoms with Crippen LogP contribution >= 0.6 is 11.6 Å². The van der Waals surface area contributed by atoms with E-state index in [1.54, 1.807) is 18.2 Å². The number of sulfonamides is 1. The Kier molecular flexibility index (Phi) is 6.58. The van der Waals surface area contributed by atoms with Crippen LogP contribution in [0.3, 0.4) is 0 Å². The van der Waals surface area contributed by atoms with Gasteiger partial charge in [0.1, 0.15) is 21.9 Å². The zero-order valence-electron chi connectivity index (χ0n) is 22.5. The lowest BCUT2D eigenvalue weighted by atomic mass is 9.84. The quantitative estimate of drug-likeness (QED) is 0.290. The number of aromatic nitrogens is 2. The molecule has 1 amide bonds. The Morgan fingerprint density at radius 1 is 1.07 bits per heavy atom. The molecule has 7 rings (SSSR count). The molecule has 0 saturated carbocycles. The number of hydrogen-bond acceptors (Lipinski definition) is 6. The van der Waals surface area contributed by atoms with E-state index in [9.17, 15) is 27.1 Å². The number of piperidine rings is 1. The van der Waals surface area contributed by atoms with Gasteiger partial charge < -0.3 is 19.5 Å². The molecular weight excluding hydrogens is 602 g/mol. The van der Waals surface area contributed by atoms with Gasteiger partial charge in [-0.1, -0.05) is 53.2 Å². The summed E-state index contributed by atoms with van der Waals surface area (Å²) < 4.78 is 64.1. The molecule has 0 radical (unpaired) electrons. The molecule has 2 saturated heterocycles. The highest BCUT2D eigenvalue weighted by atomic mass is 35.5. The van der Waals surface area contributed by atoms with E-state index < -0.39 is 45.2 Å². The van der Waals surface area contributed by atoms with Crippen molar-refractivity contribution in [2.75, 3.05) is 5.32 Å². The van der Waals surface area contributed by atoms with Crippen molar-refractivity contribution in [2.45, 2.75) is 54.8 Å². The van der Waals surface area contributed by atoms with Gasteiger partial charge in [0.15, 0.2) is 17.4 Å². The van der Waals surface area contributed by atoms with E-state index >= 15 is 0 Å². The van der Waals surface area contributed by atoms with Crippen LogP contribution in [0.1, 0.15) is 47.6 Å². The first-order chi connectivity index (χ1) is 20.6. The van der Waals surface area contributed by atoms with Crippen molar-refractivity contribution in [2.24, 2.45) is 0 Å². The summed E-state index contributed by atoms with van der Waals surface area (Å²) in [5, 5.41) is 18.1. The standard InChI is InChI=1S/C30H25ClF2N4O5S/c31-26-27(29(38)34-18-8-11-21(32)22(33)13-18)36-12-4-7-23(36)28(26)43(40,41)37-19-9-10-20(37)16-30(39,15-19)25-14-24(42-35-25)17-5-2-1-3-6-17/h1-8,11,13-14,19-20,39H,9-10,12,15-16H2,(H,34,38). The molecule has 4 aromatic rings. The number of nitrogens with one attached hydrogen (secondary N) is 1. The summed E-state index contributed by atoms with van der Waals surface area (Å²) in [5.74, 6) is -2.47. The molecule has 0 aliphatic carbocycles. The molecule has 2 aromatic carbocycles. The van der Waals surface area contributed by atoms with Gasteiger partial charge in [-0.25, -0.2) is 17.2 Å². The Labute approximate surface area is 250 Å². The van der Waals surface area contributed by atoms with Gasteiger partial charge in [-0.3, -0.25) is 4.79 Å². The minimum absolute atomic E-state index is 0.0116. The lowest BCUT2D eigenvalue weighted by molar-refractivity contribution is -0.0393. The van der Waals surface area contributed by atoms with Crippen LogP contribution in [0.15, 0.2) is 70.1 Å². The average Bonchev–Trinajstić information content (AvgIpc) is 3.75. The highest BCUT2D eigenvalue weighted by Crippen LogP contribution is 2.50. The van der Waals surface area contributed by atoms with Crippen molar-refractivity contribution in [1.29, 1.82) is 0 Å². The molecule has 2 N–H and O–H groups in total. The molecule has 2 fully saturated rings. The number of hydrogen-bond donors (Lipinski definition) is 2. The third-order valence-corrected chi connectivity index (χ3v) is 11.0.